The lowest BCUT2D eigenvalue weighted by Gasteiger charge is -2.19. The molecule has 1 aromatic carbocycles. The van der Waals surface area contributed by atoms with E-state index >= 15 is 0 Å². The van der Waals surface area contributed by atoms with E-state index in [1.54, 1.807) is 0 Å². The summed E-state index contributed by atoms with van der Waals surface area (Å²) in [6.45, 7) is -0.199. The van der Waals surface area contributed by atoms with Gasteiger partial charge < -0.3 is 10.0 Å². The molecule has 1 atom stereocenters. The molecule has 1 heterocycles. The zero-order valence-corrected chi connectivity index (χ0v) is 13.6. The van der Waals surface area contributed by atoms with Crippen molar-refractivity contribution in [1.82, 2.24) is 0 Å². The smallest absolute Gasteiger partial charge is 0.337 e. The second-order valence-electron chi connectivity index (χ2n) is 4.51. The highest BCUT2D eigenvalue weighted by Crippen LogP contribution is 2.34. The number of benzene rings is 1. The summed E-state index contributed by atoms with van der Waals surface area (Å²) < 4.78 is 23.1. The first-order valence-corrected chi connectivity index (χ1v) is 8.43. The first kappa shape index (κ1) is 16.2. The van der Waals surface area contributed by atoms with Crippen molar-refractivity contribution in [2.24, 2.45) is 5.14 Å². The van der Waals surface area contributed by atoms with Crippen LogP contribution in [-0.2, 0) is 14.8 Å². The summed E-state index contributed by atoms with van der Waals surface area (Å²) in [5, 5.41) is 13.4. The molecule has 3 N–H and O–H groups in total. The average Bonchev–Trinajstić information content (AvgIpc) is 2.74. The normalized spacial score (nSPS) is 19.1. The number of carboxylic acid groups (broad SMARTS) is 1. The largest absolute Gasteiger partial charge is 0.478 e. The lowest BCUT2D eigenvalue weighted by atomic mass is 10.1. The van der Waals surface area contributed by atoms with Gasteiger partial charge in [-0.2, -0.15) is 0 Å². The van der Waals surface area contributed by atoms with Gasteiger partial charge in [0, 0.05) is 17.4 Å². The van der Waals surface area contributed by atoms with Gasteiger partial charge in [-0.15, -0.1) is 0 Å². The SMILES string of the molecule is NS(=O)(=O)C1CC(=O)N(c2cc(Cl)c(Br)cc2C(=O)O)C1. The highest BCUT2D eigenvalue weighted by Gasteiger charge is 2.38. The number of hydrogen-bond donors (Lipinski definition) is 2. The number of halogens is 2. The van der Waals surface area contributed by atoms with Crippen molar-refractivity contribution in [3.05, 3.63) is 27.2 Å². The van der Waals surface area contributed by atoms with Crippen LogP contribution >= 0.6 is 27.5 Å². The zero-order valence-electron chi connectivity index (χ0n) is 10.4. The van der Waals surface area contributed by atoms with E-state index in [1.165, 1.54) is 12.1 Å². The van der Waals surface area contributed by atoms with Crippen molar-refractivity contribution in [2.75, 3.05) is 11.4 Å². The predicted molar refractivity (Wildman–Crippen MR) is 80.0 cm³/mol. The van der Waals surface area contributed by atoms with Gasteiger partial charge in [-0.25, -0.2) is 18.4 Å². The van der Waals surface area contributed by atoms with Gasteiger partial charge in [-0.1, -0.05) is 11.6 Å². The summed E-state index contributed by atoms with van der Waals surface area (Å²) in [6, 6.07) is 2.57. The molecule has 21 heavy (non-hydrogen) atoms. The van der Waals surface area contributed by atoms with Crippen LogP contribution in [0.2, 0.25) is 5.02 Å². The molecule has 0 saturated carbocycles. The van der Waals surface area contributed by atoms with Crippen LogP contribution in [0.15, 0.2) is 16.6 Å². The quantitative estimate of drug-likeness (QED) is 0.794. The number of rotatable bonds is 3. The van der Waals surface area contributed by atoms with Crippen LogP contribution in [0.5, 0.6) is 0 Å². The Labute approximate surface area is 133 Å². The van der Waals surface area contributed by atoms with E-state index in [1.807, 2.05) is 0 Å². The van der Waals surface area contributed by atoms with Gasteiger partial charge in [0.2, 0.25) is 15.9 Å². The second kappa shape index (κ2) is 5.56. The van der Waals surface area contributed by atoms with Crippen molar-refractivity contribution in [3.63, 3.8) is 0 Å². The average molecular weight is 398 g/mol. The van der Waals surface area contributed by atoms with E-state index in [4.69, 9.17) is 16.7 Å². The fourth-order valence-electron chi connectivity index (χ4n) is 2.06. The standard InChI is InChI=1S/C11H10BrClN2O5S/c12-7-2-6(11(17)18)9(3-8(7)13)15-4-5(1-10(15)16)21(14,19)20/h2-3,5H,1,4H2,(H,17,18)(H2,14,19,20). The molecular formula is C11H10BrClN2O5S. The molecule has 2 rings (SSSR count). The Balaban J connectivity index is 2.50. The molecule has 1 unspecified atom stereocenters. The number of sulfonamides is 1. The number of amides is 1. The molecule has 1 aromatic rings. The molecule has 0 spiro atoms. The van der Waals surface area contributed by atoms with Gasteiger partial charge in [-0.3, -0.25) is 4.79 Å². The Bertz CT molecular complexity index is 736. The van der Waals surface area contributed by atoms with Crippen LogP contribution in [0.3, 0.4) is 0 Å². The van der Waals surface area contributed by atoms with Crippen LogP contribution in [0.1, 0.15) is 16.8 Å². The van der Waals surface area contributed by atoms with Gasteiger partial charge in [0.1, 0.15) is 5.25 Å². The van der Waals surface area contributed by atoms with E-state index in [0.717, 1.165) is 4.90 Å². The molecule has 1 fully saturated rings. The lowest BCUT2D eigenvalue weighted by molar-refractivity contribution is -0.117. The zero-order chi connectivity index (χ0) is 15.9. The number of hydrogen-bond acceptors (Lipinski definition) is 4. The Morgan fingerprint density at radius 1 is 1.48 bits per heavy atom. The molecular weight excluding hydrogens is 388 g/mol. The Kier molecular flexibility index (Phi) is 4.29. The minimum absolute atomic E-state index is 0.0480. The summed E-state index contributed by atoms with van der Waals surface area (Å²) >= 11 is 9.02. The topological polar surface area (TPSA) is 118 Å². The molecule has 0 aromatic heterocycles. The molecule has 0 radical (unpaired) electrons. The Hall–Kier alpha value is -1.16. The minimum atomic E-state index is -3.88. The third kappa shape index (κ3) is 3.20. The monoisotopic (exact) mass is 396 g/mol. The van der Waals surface area contributed by atoms with Gasteiger partial charge in [0.05, 0.1) is 16.3 Å². The molecule has 1 amide bonds. The fourth-order valence-corrected chi connectivity index (χ4v) is 3.29. The minimum Gasteiger partial charge on any atom is -0.478 e. The Morgan fingerprint density at radius 2 is 2.10 bits per heavy atom. The third-order valence-electron chi connectivity index (χ3n) is 3.11. The number of carbonyl (C=O) groups excluding carboxylic acids is 1. The molecule has 10 heteroatoms. The number of primary sulfonamides is 1. The highest BCUT2D eigenvalue weighted by atomic mass is 79.9. The van der Waals surface area contributed by atoms with E-state index in [2.05, 4.69) is 15.9 Å². The number of anilines is 1. The summed E-state index contributed by atoms with van der Waals surface area (Å²) in [4.78, 5) is 24.3. The molecule has 114 valence electrons. The molecule has 1 aliphatic rings. The predicted octanol–water partition coefficient (Wildman–Crippen LogP) is 1.19. The van der Waals surface area contributed by atoms with Crippen LogP contribution in [0, 0.1) is 0 Å². The van der Waals surface area contributed by atoms with Crippen LogP contribution in [-0.4, -0.2) is 37.2 Å². The van der Waals surface area contributed by atoms with Gasteiger partial charge >= 0.3 is 5.97 Å². The number of nitrogens with two attached hydrogens (primary N) is 1. The van der Waals surface area contributed by atoms with Gasteiger partial charge in [0.15, 0.2) is 0 Å². The van der Waals surface area contributed by atoms with Gasteiger partial charge in [-0.05, 0) is 28.1 Å². The van der Waals surface area contributed by atoms with Crippen LogP contribution < -0.4 is 10.0 Å². The highest BCUT2D eigenvalue weighted by molar-refractivity contribution is 9.10. The van der Waals surface area contributed by atoms with E-state index in [-0.39, 0.29) is 29.2 Å². The van der Waals surface area contributed by atoms with Crippen molar-refractivity contribution < 1.29 is 23.1 Å². The van der Waals surface area contributed by atoms with Crippen molar-refractivity contribution in [2.45, 2.75) is 11.7 Å². The summed E-state index contributed by atoms with van der Waals surface area (Å²) in [5.74, 6) is -1.77. The summed E-state index contributed by atoms with van der Waals surface area (Å²) in [7, 11) is -3.88. The van der Waals surface area contributed by atoms with Crippen LogP contribution in [0.4, 0.5) is 5.69 Å². The van der Waals surface area contributed by atoms with Crippen molar-refractivity contribution in [3.8, 4) is 0 Å². The van der Waals surface area contributed by atoms with E-state index in [0.29, 0.717) is 4.47 Å². The fraction of sp³-hybridized carbons (Fsp3) is 0.273. The summed E-state index contributed by atoms with van der Waals surface area (Å²) in [5.41, 5.74) is -0.110. The first-order chi connectivity index (χ1) is 9.61. The number of aromatic carboxylic acids is 1. The number of carboxylic acids is 1. The maximum absolute atomic E-state index is 12.0. The maximum Gasteiger partial charge on any atom is 0.337 e. The van der Waals surface area contributed by atoms with E-state index in [9.17, 15) is 23.1 Å². The summed E-state index contributed by atoms with van der Waals surface area (Å²) in [6.07, 6.45) is -0.286. The maximum atomic E-state index is 12.0. The lowest BCUT2D eigenvalue weighted by Crippen LogP contribution is -2.32. The first-order valence-electron chi connectivity index (χ1n) is 5.65. The second-order valence-corrected chi connectivity index (χ2v) is 7.61. The van der Waals surface area contributed by atoms with E-state index < -0.39 is 27.1 Å². The molecule has 0 aliphatic carbocycles. The molecule has 0 bridgehead atoms. The van der Waals surface area contributed by atoms with Crippen LogP contribution in [0.25, 0.3) is 0 Å². The third-order valence-corrected chi connectivity index (χ3v) is 5.56. The molecule has 1 aliphatic heterocycles. The number of carbonyl (C=O) groups is 2. The van der Waals surface area contributed by atoms with Crippen molar-refractivity contribution in [1.29, 1.82) is 0 Å². The van der Waals surface area contributed by atoms with Crippen molar-refractivity contribution >= 4 is 55.1 Å². The molecule has 7 nitrogen and oxygen atoms in total. The number of nitrogens with zero attached hydrogens (tertiary/aromatic N) is 1. The molecule has 1 saturated heterocycles. The Morgan fingerprint density at radius 3 is 2.57 bits per heavy atom. The van der Waals surface area contributed by atoms with Gasteiger partial charge in [0.25, 0.3) is 0 Å².